The van der Waals surface area contributed by atoms with Gasteiger partial charge in [-0.15, -0.1) is 11.8 Å². The minimum atomic E-state index is -0.381. The van der Waals surface area contributed by atoms with Gasteiger partial charge in [-0.2, -0.15) is 0 Å². The highest BCUT2D eigenvalue weighted by Gasteiger charge is 2.00. The Morgan fingerprint density at radius 2 is 2.00 bits per heavy atom. The van der Waals surface area contributed by atoms with Gasteiger partial charge >= 0.3 is 0 Å². The molecule has 0 bridgehead atoms. The molecule has 1 aromatic rings. The van der Waals surface area contributed by atoms with Gasteiger partial charge in [0.15, 0.2) is 0 Å². The first-order valence-corrected chi connectivity index (χ1v) is 5.62. The average Bonchev–Trinajstić information content (AvgIpc) is 2.19. The summed E-state index contributed by atoms with van der Waals surface area (Å²) in [6, 6.07) is 7.98. The van der Waals surface area contributed by atoms with E-state index in [1.807, 2.05) is 24.3 Å². The van der Waals surface area contributed by atoms with Crippen molar-refractivity contribution in [2.24, 2.45) is 0 Å². The van der Waals surface area contributed by atoms with Gasteiger partial charge in [0.2, 0.25) is 0 Å². The molecule has 0 amide bonds. The summed E-state index contributed by atoms with van der Waals surface area (Å²) in [4.78, 5) is 1.21. The van der Waals surface area contributed by atoms with Crippen LogP contribution in [0.4, 0.5) is 0 Å². The number of methoxy groups -OCH3 is 1. The van der Waals surface area contributed by atoms with E-state index in [-0.39, 0.29) is 6.10 Å². The smallest absolute Gasteiger partial charge is 0.0761 e. The third kappa shape index (κ3) is 3.70. The van der Waals surface area contributed by atoms with Gasteiger partial charge in [0.25, 0.3) is 0 Å². The van der Waals surface area contributed by atoms with E-state index in [9.17, 15) is 5.11 Å². The lowest BCUT2D eigenvalue weighted by molar-refractivity contribution is 0.199. The van der Waals surface area contributed by atoms with Gasteiger partial charge in [-0.25, -0.2) is 0 Å². The molecule has 3 heteroatoms. The molecule has 0 fully saturated rings. The zero-order valence-electron chi connectivity index (χ0n) is 8.56. The topological polar surface area (TPSA) is 29.5 Å². The summed E-state index contributed by atoms with van der Waals surface area (Å²) in [7, 11) is 1.71. The van der Waals surface area contributed by atoms with Crippen LogP contribution < -0.4 is 0 Å². The molecule has 1 atom stereocenters. The number of rotatable bonds is 5. The van der Waals surface area contributed by atoms with E-state index in [2.05, 4.69) is 0 Å². The normalized spacial score (nSPS) is 12.8. The zero-order valence-corrected chi connectivity index (χ0v) is 9.38. The highest BCUT2D eigenvalue weighted by Crippen LogP contribution is 2.20. The Morgan fingerprint density at radius 3 is 2.50 bits per heavy atom. The van der Waals surface area contributed by atoms with Gasteiger partial charge in [0.05, 0.1) is 12.7 Å². The molecular weight excluding hydrogens is 196 g/mol. The van der Waals surface area contributed by atoms with Crippen molar-refractivity contribution >= 4 is 11.8 Å². The first-order chi connectivity index (χ1) is 6.74. The van der Waals surface area contributed by atoms with E-state index in [4.69, 9.17) is 4.74 Å². The first-order valence-electron chi connectivity index (χ1n) is 4.64. The molecule has 0 aliphatic rings. The summed E-state index contributed by atoms with van der Waals surface area (Å²) in [6.07, 6.45) is -0.381. The number of hydrogen-bond acceptors (Lipinski definition) is 3. The highest BCUT2D eigenvalue weighted by molar-refractivity contribution is 7.99. The maximum absolute atomic E-state index is 9.30. The molecule has 1 rings (SSSR count). The highest BCUT2D eigenvalue weighted by atomic mass is 32.2. The summed E-state index contributed by atoms with van der Waals surface area (Å²) >= 11 is 1.76. The Kier molecular flexibility index (Phi) is 5.01. The van der Waals surface area contributed by atoms with Crippen molar-refractivity contribution in [3.05, 3.63) is 29.8 Å². The lowest BCUT2D eigenvalue weighted by atomic mass is 10.1. The monoisotopic (exact) mass is 212 g/mol. The molecule has 78 valence electrons. The van der Waals surface area contributed by atoms with Crippen LogP contribution in [0, 0.1) is 0 Å². The number of ether oxygens (including phenoxy) is 1. The second-order valence-electron chi connectivity index (χ2n) is 3.09. The van der Waals surface area contributed by atoms with E-state index in [1.54, 1.807) is 25.8 Å². The summed E-state index contributed by atoms with van der Waals surface area (Å²) in [5.41, 5.74) is 0.959. The van der Waals surface area contributed by atoms with Crippen molar-refractivity contribution in [3.8, 4) is 0 Å². The van der Waals surface area contributed by atoms with Gasteiger partial charge in [-0.3, -0.25) is 0 Å². The van der Waals surface area contributed by atoms with Crippen LogP contribution in [0.2, 0.25) is 0 Å². The van der Waals surface area contributed by atoms with Crippen molar-refractivity contribution in [1.82, 2.24) is 0 Å². The molecule has 0 spiro atoms. The third-order valence-corrected chi connectivity index (χ3v) is 2.89. The van der Waals surface area contributed by atoms with Gasteiger partial charge in [0, 0.05) is 17.8 Å². The summed E-state index contributed by atoms with van der Waals surface area (Å²) < 4.78 is 4.96. The van der Waals surface area contributed by atoms with Gasteiger partial charge in [-0.05, 0) is 24.6 Å². The molecule has 0 saturated heterocycles. The standard InChI is InChI=1S/C11H16O2S/c1-9(12)10-3-5-11(6-4-10)14-8-7-13-2/h3-6,9,12H,7-8H2,1-2H3/t9-/m0/s1. The Balaban J connectivity index is 2.47. The number of hydrogen-bond donors (Lipinski definition) is 1. The summed E-state index contributed by atoms with van der Waals surface area (Å²) in [6.45, 7) is 2.54. The van der Waals surface area contributed by atoms with E-state index < -0.39 is 0 Å². The predicted octanol–water partition coefficient (Wildman–Crippen LogP) is 2.48. The maximum Gasteiger partial charge on any atom is 0.0761 e. The molecular formula is C11H16O2S. The van der Waals surface area contributed by atoms with Crippen molar-refractivity contribution in [1.29, 1.82) is 0 Å². The summed E-state index contributed by atoms with van der Waals surface area (Å²) in [5.74, 6) is 0.963. The quantitative estimate of drug-likeness (QED) is 0.600. The summed E-state index contributed by atoms with van der Waals surface area (Å²) in [5, 5.41) is 9.30. The molecule has 0 aliphatic carbocycles. The fraction of sp³-hybridized carbons (Fsp3) is 0.455. The lowest BCUT2D eigenvalue weighted by Crippen LogP contribution is -1.92. The van der Waals surface area contributed by atoms with Crippen LogP contribution in [0.3, 0.4) is 0 Å². The van der Waals surface area contributed by atoms with E-state index in [0.29, 0.717) is 0 Å². The van der Waals surface area contributed by atoms with Crippen molar-refractivity contribution in [3.63, 3.8) is 0 Å². The van der Waals surface area contributed by atoms with Gasteiger partial charge < -0.3 is 9.84 Å². The molecule has 0 saturated carbocycles. The van der Waals surface area contributed by atoms with E-state index in [1.165, 1.54) is 4.90 Å². The number of benzene rings is 1. The van der Waals surface area contributed by atoms with Crippen LogP contribution in [0.15, 0.2) is 29.2 Å². The van der Waals surface area contributed by atoms with E-state index >= 15 is 0 Å². The fourth-order valence-corrected chi connectivity index (χ4v) is 1.90. The SMILES string of the molecule is COCCSc1ccc([C@H](C)O)cc1. The van der Waals surface area contributed by atoms with Crippen LogP contribution >= 0.6 is 11.8 Å². The number of thioether (sulfide) groups is 1. The van der Waals surface area contributed by atoms with Crippen molar-refractivity contribution in [2.75, 3.05) is 19.5 Å². The molecule has 0 heterocycles. The Labute approximate surface area is 89.3 Å². The Morgan fingerprint density at radius 1 is 1.36 bits per heavy atom. The van der Waals surface area contributed by atoms with Crippen LogP contribution in [-0.2, 0) is 4.74 Å². The van der Waals surface area contributed by atoms with Gasteiger partial charge in [0.1, 0.15) is 0 Å². The average molecular weight is 212 g/mol. The van der Waals surface area contributed by atoms with Crippen LogP contribution in [-0.4, -0.2) is 24.6 Å². The second kappa shape index (κ2) is 6.06. The third-order valence-electron chi connectivity index (χ3n) is 1.92. The molecule has 2 nitrogen and oxygen atoms in total. The largest absolute Gasteiger partial charge is 0.389 e. The number of aliphatic hydroxyl groups is 1. The molecule has 0 unspecified atom stereocenters. The maximum atomic E-state index is 9.30. The molecule has 1 N–H and O–H groups in total. The van der Waals surface area contributed by atoms with Crippen LogP contribution in [0.25, 0.3) is 0 Å². The predicted molar refractivity (Wildman–Crippen MR) is 59.7 cm³/mol. The number of aliphatic hydroxyl groups excluding tert-OH is 1. The molecule has 1 aromatic carbocycles. The van der Waals surface area contributed by atoms with Crippen molar-refractivity contribution in [2.45, 2.75) is 17.9 Å². The Hall–Kier alpha value is -0.510. The molecule has 0 aromatic heterocycles. The van der Waals surface area contributed by atoms with Crippen LogP contribution in [0.1, 0.15) is 18.6 Å². The molecule has 0 radical (unpaired) electrons. The van der Waals surface area contributed by atoms with Crippen molar-refractivity contribution < 1.29 is 9.84 Å². The minimum Gasteiger partial charge on any atom is -0.389 e. The second-order valence-corrected chi connectivity index (χ2v) is 4.25. The van der Waals surface area contributed by atoms with Gasteiger partial charge in [-0.1, -0.05) is 12.1 Å². The molecule has 14 heavy (non-hydrogen) atoms. The fourth-order valence-electron chi connectivity index (χ4n) is 1.09. The zero-order chi connectivity index (χ0) is 10.4. The first kappa shape index (κ1) is 11.6. The van der Waals surface area contributed by atoms with E-state index in [0.717, 1.165) is 17.9 Å². The lowest BCUT2D eigenvalue weighted by Gasteiger charge is -2.05. The minimum absolute atomic E-state index is 0.381. The molecule has 0 aliphatic heterocycles. The Bertz CT molecular complexity index is 256. The van der Waals surface area contributed by atoms with Crippen LogP contribution in [0.5, 0.6) is 0 Å².